The van der Waals surface area contributed by atoms with Crippen LogP contribution in [0.3, 0.4) is 0 Å². The number of ether oxygens (including phenoxy) is 3. The van der Waals surface area contributed by atoms with Crippen LogP contribution in [-0.2, 0) is 29.0 Å². The lowest BCUT2D eigenvalue weighted by molar-refractivity contribution is -0.133. The molecule has 2 aromatic carbocycles. The van der Waals surface area contributed by atoms with Crippen LogP contribution in [0, 0.1) is 0 Å². The minimum atomic E-state index is -0.171. The van der Waals surface area contributed by atoms with E-state index in [1.165, 1.54) is 5.56 Å². The second-order valence-electron chi connectivity index (χ2n) is 10.1. The Balaban J connectivity index is 1.34. The van der Waals surface area contributed by atoms with Crippen molar-refractivity contribution in [2.45, 2.75) is 58.2 Å². The molecular formula is C31H36N2O6. The molecule has 1 unspecified atom stereocenters. The first kappa shape index (κ1) is 26.8. The fourth-order valence-electron chi connectivity index (χ4n) is 4.98. The van der Waals surface area contributed by atoms with E-state index < -0.39 is 0 Å². The van der Waals surface area contributed by atoms with Crippen molar-refractivity contribution in [3.05, 3.63) is 83.3 Å². The van der Waals surface area contributed by atoms with Crippen molar-refractivity contribution in [2.75, 3.05) is 26.5 Å². The molecule has 0 aliphatic carbocycles. The lowest BCUT2D eigenvalue weighted by atomic mass is 10.1. The predicted octanol–water partition coefficient (Wildman–Crippen LogP) is 5.20. The molecule has 39 heavy (non-hydrogen) atoms. The lowest BCUT2D eigenvalue weighted by Crippen LogP contribution is -2.45. The van der Waals surface area contributed by atoms with Gasteiger partial charge < -0.3 is 28.4 Å². The molecule has 1 saturated heterocycles. The Labute approximate surface area is 229 Å². The van der Waals surface area contributed by atoms with E-state index in [1.807, 2.05) is 48.5 Å². The summed E-state index contributed by atoms with van der Waals surface area (Å²) in [6, 6.07) is 17.1. The molecule has 1 atom stereocenters. The summed E-state index contributed by atoms with van der Waals surface area (Å²) in [6.07, 6.45) is 6.59. The third-order valence-electron chi connectivity index (χ3n) is 7.17. The molecule has 206 valence electrons. The van der Waals surface area contributed by atoms with Gasteiger partial charge in [-0.2, -0.15) is 0 Å². The molecule has 0 bridgehead atoms. The van der Waals surface area contributed by atoms with Crippen molar-refractivity contribution in [3.63, 3.8) is 0 Å². The zero-order chi connectivity index (χ0) is 27.0. The fraction of sp³-hybridized carbons (Fsp3) is 0.419. The van der Waals surface area contributed by atoms with Crippen LogP contribution >= 0.6 is 0 Å². The van der Waals surface area contributed by atoms with Crippen LogP contribution < -0.4 is 9.47 Å². The van der Waals surface area contributed by atoms with Crippen molar-refractivity contribution in [2.24, 2.45) is 0 Å². The molecule has 3 heterocycles. The number of hydrogen-bond donors (Lipinski definition) is 0. The zero-order valence-electron chi connectivity index (χ0n) is 22.5. The Morgan fingerprint density at radius 3 is 2.51 bits per heavy atom. The molecule has 0 spiro atoms. The van der Waals surface area contributed by atoms with E-state index in [9.17, 15) is 9.59 Å². The molecule has 8 heteroatoms. The summed E-state index contributed by atoms with van der Waals surface area (Å²) in [4.78, 5) is 30.8. The maximum atomic E-state index is 13.8. The number of aryl methyl sites for hydroxylation is 1. The van der Waals surface area contributed by atoms with Crippen molar-refractivity contribution in [3.8, 4) is 11.5 Å². The first-order valence-corrected chi connectivity index (χ1v) is 13.8. The van der Waals surface area contributed by atoms with E-state index in [1.54, 1.807) is 22.1 Å². The number of carbonyl (C=O) groups is 2. The number of carbonyl (C=O) groups excluding carboxylic acids is 2. The van der Waals surface area contributed by atoms with Gasteiger partial charge in [0.05, 0.1) is 18.9 Å². The molecular weight excluding hydrogens is 496 g/mol. The highest BCUT2D eigenvalue weighted by atomic mass is 16.7. The van der Waals surface area contributed by atoms with Crippen LogP contribution in [0.4, 0.5) is 0 Å². The number of amides is 2. The summed E-state index contributed by atoms with van der Waals surface area (Å²) in [7, 11) is 0. The maximum absolute atomic E-state index is 13.8. The Bertz CT molecular complexity index is 1230. The summed E-state index contributed by atoms with van der Waals surface area (Å²) in [5, 5.41) is 0. The van der Waals surface area contributed by atoms with Gasteiger partial charge in [-0.15, -0.1) is 0 Å². The molecule has 1 aromatic heterocycles. The van der Waals surface area contributed by atoms with Gasteiger partial charge in [0.2, 0.25) is 12.7 Å². The van der Waals surface area contributed by atoms with Crippen molar-refractivity contribution in [1.29, 1.82) is 0 Å². The Morgan fingerprint density at radius 1 is 0.949 bits per heavy atom. The summed E-state index contributed by atoms with van der Waals surface area (Å²) in [5.41, 5.74) is 2.69. The van der Waals surface area contributed by atoms with Gasteiger partial charge in [-0.25, -0.2) is 0 Å². The Kier molecular flexibility index (Phi) is 8.83. The van der Waals surface area contributed by atoms with Gasteiger partial charge in [0.1, 0.15) is 12.3 Å². The van der Waals surface area contributed by atoms with Gasteiger partial charge in [-0.1, -0.05) is 31.5 Å². The normalized spacial score (nSPS) is 15.9. The molecule has 5 rings (SSSR count). The molecule has 2 aliphatic heterocycles. The van der Waals surface area contributed by atoms with Crippen molar-refractivity contribution >= 4 is 11.8 Å². The van der Waals surface area contributed by atoms with E-state index in [0.29, 0.717) is 42.5 Å². The van der Waals surface area contributed by atoms with Gasteiger partial charge in [0, 0.05) is 25.3 Å². The second-order valence-corrected chi connectivity index (χ2v) is 10.1. The monoisotopic (exact) mass is 532 g/mol. The summed E-state index contributed by atoms with van der Waals surface area (Å²) in [5.74, 6) is 1.69. The van der Waals surface area contributed by atoms with E-state index in [-0.39, 0.29) is 37.8 Å². The molecule has 0 saturated carbocycles. The Hall–Kier alpha value is -3.78. The maximum Gasteiger partial charge on any atom is 0.254 e. The van der Waals surface area contributed by atoms with Crippen molar-refractivity contribution in [1.82, 2.24) is 9.80 Å². The fourth-order valence-corrected chi connectivity index (χ4v) is 4.98. The number of nitrogens with zero attached hydrogens (tertiary/aromatic N) is 2. The van der Waals surface area contributed by atoms with Gasteiger partial charge >= 0.3 is 0 Å². The molecule has 0 N–H and O–H groups in total. The SMILES string of the molecule is CCCCc1ccc(C(=O)N(CC(=O)N(Cc2ccc3c(c2)OCO3)Cc2ccco2)CC2CCCO2)cc1. The number of fused-ring (bicyclic) bond motifs is 1. The number of hydrogen-bond acceptors (Lipinski definition) is 6. The second kappa shape index (κ2) is 12.8. The average molecular weight is 533 g/mol. The minimum absolute atomic E-state index is 0.0540. The van der Waals surface area contributed by atoms with E-state index in [2.05, 4.69) is 6.92 Å². The topological polar surface area (TPSA) is 81.5 Å². The van der Waals surface area contributed by atoms with Gasteiger partial charge in [-0.05, 0) is 73.2 Å². The number of rotatable bonds is 12. The van der Waals surface area contributed by atoms with Crippen LogP contribution in [0.1, 0.15) is 59.9 Å². The summed E-state index contributed by atoms with van der Waals surface area (Å²) in [6.45, 7) is 3.98. The highest BCUT2D eigenvalue weighted by Crippen LogP contribution is 2.33. The van der Waals surface area contributed by atoms with Crippen LogP contribution in [0.5, 0.6) is 11.5 Å². The third-order valence-corrected chi connectivity index (χ3v) is 7.17. The number of furan rings is 1. The zero-order valence-corrected chi connectivity index (χ0v) is 22.5. The van der Waals surface area contributed by atoms with Crippen molar-refractivity contribution < 1.29 is 28.2 Å². The first-order valence-electron chi connectivity index (χ1n) is 13.8. The molecule has 2 amide bonds. The molecule has 2 aliphatic rings. The largest absolute Gasteiger partial charge is 0.467 e. The van der Waals surface area contributed by atoms with Gasteiger partial charge in [-0.3, -0.25) is 9.59 Å². The van der Waals surface area contributed by atoms with Crippen LogP contribution in [-0.4, -0.2) is 54.2 Å². The molecule has 1 fully saturated rings. The third kappa shape index (κ3) is 7.00. The minimum Gasteiger partial charge on any atom is -0.467 e. The molecule has 0 radical (unpaired) electrons. The lowest BCUT2D eigenvalue weighted by Gasteiger charge is -2.29. The Morgan fingerprint density at radius 2 is 1.77 bits per heavy atom. The quantitative estimate of drug-likeness (QED) is 0.319. The molecule has 3 aromatic rings. The van der Waals surface area contributed by atoms with E-state index >= 15 is 0 Å². The predicted molar refractivity (Wildman–Crippen MR) is 145 cm³/mol. The standard InChI is InChI=1S/C31H36N2O6/c1-2-3-6-23-9-12-25(13-10-23)31(35)33(20-27-8-5-16-37-27)21-30(34)32(19-26-7-4-15-36-26)18-24-11-14-28-29(17-24)39-22-38-28/h4,7,9-15,17,27H,2-3,5-6,8,16,18-22H2,1H3. The van der Waals surface area contributed by atoms with Gasteiger partial charge in [0.15, 0.2) is 11.5 Å². The van der Waals surface area contributed by atoms with Gasteiger partial charge in [0.25, 0.3) is 5.91 Å². The summed E-state index contributed by atoms with van der Waals surface area (Å²) < 4.78 is 22.3. The first-order chi connectivity index (χ1) is 19.1. The van der Waals surface area contributed by atoms with Crippen LogP contribution in [0.2, 0.25) is 0 Å². The van der Waals surface area contributed by atoms with Crippen LogP contribution in [0.15, 0.2) is 65.3 Å². The summed E-state index contributed by atoms with van der Waals surface area (Å²) >= 11 is 0. The van der Waals surface area contributed by atoms with Crippen LogP contribution in [0.25, 0.3) is 0 Å². The highest BCUT2D eigenvalue weighted by Gasteiger charge is 2.28. The van der Waals surface area contributed by atoms with E-state index in [4.69, 9.17) is 18.6 Å². The number of benzene rings is 2. The number of unbranched alkanes of at least 4 members (excludes halogenated alkanes) is 1. The smallest absolute Gasteiger partial charge is 0.254 e. The highest BCUT2D eigenvalue weighted by molar-refractivity contribution is 5.96. The average Bonchev–Trinajstić information content (AvgIpc) is 3.74. The molecule has 8 nitrogen and oxygen atoms in total. The van der Waals surface area contributed by atoms with E-state index in [0.717, 1.165) is 37.7 Å².